The number of amides is 1. The minimum absolute atomic E-state index is 0.0324. The van der Waals surface area contributed by atoms with Crippen LogP contribution >= 0.6 is 0 Å². The van der Waals surface area contributed by atoms with E-state index in [0.29, 0.717) is 25.2 Å². The fourth-order valence-corrected chi connectivity index (χ4v) is 3.88. The van der Waals surface area contributed by atoms with Gasteiger partial charge in [-0.3, -0.25) is 9.69 Å². The molecule has 0 atom stereocenters. The Morgan fingerprint density at radius 2 is 1.77 bits per heavy atom. The Kier molecular flexibility index (Phi) is 5.87. The molecule has 5 heteroatoms. The van der Waals surface area contributed by atoms with Gasteiger partial charge in [-0.15, -0.1) is 0 Å². The molecule has 1 amide bonds. The molecule has 0 fully saturated rings. The van der Waals surface area contributed by atoms with Gasteiger partial charge in [-0.2, -0.15) is 5.26 Å². The van der Waals surface area contributed by atoms with Crippen LogP contribution < -0.4 is 4.90 Å². The second-order valence-corrected chi connectivity index (χ2v) is 7.51. The fraction of sp³-hybridized carbons (Fsp3) is 0.200. The van der Waals surface area contributed by atoms with Gasteiger partial charge in [0.15, 0.2) is 0 Å². The van der Waals surface area contributed by atoms with E-state index < -0.39 is 0 Å². The van der Waals surface area contributed by atoms with Crippen molar-refractivity contribution >= 4 is 11.6 Å². The molecule has 1 aliphatic heterocycles. The lowest BCUT2D eigenvalue weighted by molar-refractivity contribution is -0.119. The van der Waals surface area contributed by atoms with Crippen molar-refractivity contribution in [2.45, 2.75) is 19.5 Å². The molecule has 4 nitrogen and oxygen atoms in total. The Morgan fingerprint density at radius 3 is 2.53 bits per heavy atom. The Bertz CT molecular complexity index is 1090. The predicted molar refractivity (Wildman–Crippen MR) is 114 cm³/mol. The minimum atomic E-state index is -0.286. The van der Waals surface area contributed by atoms with Gasteiger partial charge in [0.2, 0.25) is 5.91 Å². The van der Waals surface area contributed by atoms with Gasteiger partial charge in [-0.25, -0.2) is 4.39 Å². The number of fused-ring (bicyclic) bond motifs is 1. The van der Waals surface area contributed by atoms with Crippen LogP contribution in [0.5, 0.6) is 0 Å². The van der Waals surface area contributed by atoms with Crippen LogP contribution in [0.4, 0.5) is 10.1 Å². The summed E-state index contributed by atoms with van der Waals surface area (Å²) in [6.07, 6.45) is 0.863. The maximum atomic E-state index is 13.7. The SMILES string of the molecule is N#Cc1ccc(CN(CC(=O)N2CCc3ccccc32)Cc2cccc(F)c2)cc1. The summed E-state index contributed by atoms with van der Waals surface area (Å²) < 4.78 is 13.7. The monoisotopic (exact) mass is 399 g/mol. The standard InChI is InChI=1S/C25H22FN3O/c26-23-6-3-4-21(14-23)17-28(16-20-10-8-19(15-27)9-11-20)18-25(30)29-13-12-22-5-1-2-7-24(22)29/h1-11,14H,12-13,16-18H2. The number of hydrogen-bond acceptors (Lipinski definition) is 3. The highest BCUT2D eigenvalue weighted by Gasteiger charge is 2.25. The Labute approximate surface area is 175 Å². The van der Waals surface area contributed by atoms with Gasteiger partial charge in [0.05, 0.1) is 18.2 Å². The molecule has 4 rings (SSSR count). The first kappa shape index (κ1) is 19.8. The first-order valence-corrected chi connectivity index (χ1v) is 9.96. The summed E-state index contributed by atoms with van der Waals surface area (Å²) in [7, 11) is 0. The summed E-state index contributed by atoms with van der Waals surface area (Å²) in [6.45, 7) is 1.90. The van der Waals surface area contributed by atoms with E-state index in [-0.39, 0.29) is 18.3 Å². The first-order valence-electron chi connectivity index (χ1n) is 9.96. The van der Waals surface area contributed by atoms with E-state index in [0.717, 1.165) is 23.2 Å². The third-order valence-corrected chi connectivity index (χ3v) is 5.33. The first-order chi connectivity index (χ1) is 14.6. The van der Waals surface area contributed by atoms with Crippen LogP contribution in [0.2, 0.25) is 0 Å². The third-order valence-electron chi connectivity index (χ3n) is 5.33. The summed E-state index contributed by atoms with van der Waals surface area (Å²) in [5.41, 5.74) is 4.58. The van der Waals surface area contributed by atoms with E-state index in [1.54, 1.807) is 18.2 Å². The summed E-state index contributed by atoms with van der Waals surface area (Å²) in [5, 5.41) is 9.01. The Hall–Kier alpha value is -3.49. The molecule has 0 spiro atoms. The van der Waals surface area contributed by atoms with Crippen LogP contribution in [0, 0.1) is 17.1 Å². The van der Waals surface area contributed by atoms with Crippen LogP contribution in [-0.2, 0) is 24.3 Å². The van der Waals surface area contributed by atoms with Gasteiger partial charge in [-0.1, -0.05) is 42.5 Å². The van der Waals surface area contributed by atoms with Gasteiger partial charge < -0.3 is 4.90 Å². The smallest absolute Gasteiger partial charge is 0.241 e. The number of rotatable bonds is 6. The van der Waals surface area contributed by atoms with Crippen molar-refractivity contribution < 1.29 is 9.18 Å². The van der Waals surface area contributed by atoms with Crippen LogP contribution in [0.15, 0.2) is 72.8 Å². The number of halogens is 1. The number of carbonyl (C=O) groups excluding carboxylic acids is 1. The van der Waals surface area contributed by atoms with E-state index >= 15 is 0 Å². The lowest BCUT2D eigenvalue weighted by Gasteiger charge is -2.25. The largest absolute Gasteiger partial charge is 0.311 e. The van der Waals surface area contributed by atoms with Gasteiger partial charge in [0, 0.05) is 25.3 Å². The minimum Gasteiger partial charge on any atom is -0.311 e. The normalized spacial score (nSPS) is 12.6. The second-order valence-electron chi connectivity index (χ2n) is 7.51. The summed E-state index contributed by atoms with van der Waals surface area (Å²) >= 11 is 0. The Balaban J connectivity index is 1.53. The van der Waals surface area contributed by atoms with Crippen LogP contribution in [-0.4, -0.2) is 23.9 Å². The van der Waals surface area contributed by atoms with Crippen molar-refractivity contribution in [3.05, 3.63) is 101 Å². The topological polar surface area (TPSA) is 47.3 Å². The van der Waals surface area contributed by atoms with Gasteiger partial charge in [0.1, 0.15) is 5.82 Å². The number of nitrogens with zero attached hydrogens (tertiary/aromatic N) is 3. The summed E-state index contributed by atoms with van der Waals surface area (Å²) in [5.74, 6) is -0.254. The van der Waals surface area contributed by atoms with Gasteiger partial charge in [-0.05, 0) is 53.4 Å². The molecule has 0 radical (unpaired) electrons. The van der Waals surface area contributed by atoms with Crippen LogP contribution in [0.3, 0.4) is 0 Å². The van der Waals surface area contributed by atoms with Crippen molar-refractivity contribution in [3.8, 4) is 6.07 Å². The van der Waals surface area contributed by atoms with Gasteiger partial charge in [0.25, 0.3) is 0 Å². The lowest BCUT2D eigenvalue weighted by Crippen LogP contribution is -2.39. The molecule has 3 aromatic carbocycles. The number of para-hydroxylation sites is 1. The maximum absolute atomic E-state index is 13.7. The zero-order chi connectivity index (χ0) is 20.9. The Morgan fingerprint density at radius 1 is 1.00 bits per heavy atom. The molecule has 30 heavy (non-hydrogen) atoms. The zero-order valence-electron chi connectivity index (χ0n) is 16.6. The average molecular weight is 399 g/mol. The lowest BCUT2D eigenvalue weighted by atomic mass is 10.1. The van der Waals surface area contributed by atoms with Crippen molar-refractivity contribution in [2.75, 3.05) is 18.0 Å². The molecule has 1 heterocycles. The molecule has 0 N–H and O–H groups in total. The van der Waals surface area contributed by atoms with E-state index in [2.05, 4.69) is 12.1 Å². The number of anilines is 1. The summed E-state index contributed by atoms with van der Waals surface area (Å²) in [4.78, 5) is 17.0. The van der Waals surface area contributed by atoms with Gasteiger partial charge >= 0.3 is 0 Å². The highest BCUT2D eigenvalue weighted by molar-refractivity contribution is 5.96. The molecule has 150 valence electrons. The second kappa shape index (κ2) is 8.89. The van der Waals surface area contributed by atoms with Crippen molar-refractivity contribution in [1.82, 2.24) is 4.90 Å². The number of benzene rings is 3. The number of carbonyl (C=O) groups is 1. The molecular weight excluding hydrogens is 377 g/mol. The molecule has 1 aliphatic rings. The molecule has 0 bridgehead atoms. The molecule has 0 saturated heterocycles. The molecule has 0 aromatic heterocycles. The van der Waals surface area contributed by atoms with E-state index in [4.69, 9.17) is 5.26 Å². The van der Waals surface area contributed by atoms with Crippen molar-refractivity contribution in [1.29, 1.82) is 5.26 Å². The molecule has 0 aliphatic carbocycles. The molecular formula is C25H22FN3O. The maximum Gasteiger partial charge on any atom is 0.241 e. The predicted octanol–water partition coefficient (Wildman–Crippen LogP) is 4.29. The van der Waals surface area contributed by atoms with E-state index in [1.165, 1.54) is 17.7 Å². The van der Waals surface area contributed by atoms with Crippen LogP contribution in [0.25, 0.3) is 0 Å². The third kappa shape index (κ3) is 4.56. The van der Waals surface area contributed by atoms with E-state index in [9.17, 15) is 9.18 Å². The summed E-state index contributed by atoms with van der Waals surface area (Å²) in [6, 6.07) is 23.9. The zero-order valence-corrected chi connectivity index (χ0v) is 16.6. The number of nitriles is 1. The highest BCUT2D eigenvalue weighted by atomic mass is 19.1. The molecule has 0 saturated carbocycles. The fourth-order valence-electron chi connectivity index (χ4n) is 3.88. The number of hydrogen-bond donors (Lipinski definition) is 0. The van der Waals surface area contributed by atoms with Crippen molar-refractivity contribution in [3.63, 3.8) is 0 Å². The van der Waals surface area contributed by atoms with E-state index in [1.807, 2.05) is 46.2 Å². The van der Waals surface area contributed by atoms with Crippen LogP contribution in [0.1, 0.15) is 22.3 Å². The molecule has 3 aromatic rings. The quantitative estimate of drug-likeness (QED) is 0.621. The highest BCUT2D eigenvalue weighted by Crippen LogP contribution is 2.27. The average Bonchev–Trinajstić information content (AvgIpc) is 3.18. The van der Waals surface area contributed by atoms with Crippen molar-refractivity contribution in [2.24, 2.45) is 0 Å². The molecule has 0 unspecified atom stereocenters.